The monoisotopic (exact) mass is 374 g/mol. The lowest BCUT2D eigenvalue weighted by molar-refractivity contribution is 0.274. The van der Waals surface area contributed by atoms with E-state index in [1.54, 1.807) is 0 Å². The predicted molar refractivity (Wildman–Crippen MR) is 119 cm³/mol. The van der Waals surface area contributed by atoms with Crippen molar-refractivity contribution in [2.45, 2.75) is 39.8 Å². The van der Waals surface area contributed by atoms with Crippen molar-refractivity contribution in [2.75, 3.05) is 17.2 Å². The van der Waals surface area contributed by atoms with Crippen LogP contribution < -0.4 is 10.6 Å². The van der Waals surface area contributed by atoms with Gasteiger partial charge in [0.05, 0.1) is 24.0 Å². The third kappa shape index (κ3) is 5.61. The fourth-order valence-corrected chi connectivity index (χ4v) is 3.22. The number of nitrogens with one attached hydrogen (secondary N) is 2. The second-order valence-corrected chi connectivity index (χ2v) is 7.60. The van der Waals surface area contributed by atoms with E-state index in [1.165, 1.54) is 27.8 Å². The molecule has 0 amide bonds. The first-order chi connectivity index (χ1) is 13.5. The summed E-state index contributed by atoms with van der Waals surface area (Å²) in [5.74, 6) is 0. The van der Waals surface area contributed by atoms with E-state index in [-0.39, 0.29) is 12.6 Å². The lowest BCUT2D eigenvalue weighted by Crippen LogP contribution is -2.27. The molecule has 3 aromatic rings. The molecule has 146 valence electrons. The number of hydrogen-bond acceptors (Lipinski definition) is 3. The van der Waals surface area contributed by atoms with Crippen molar-refractivity contribution in [2.24, 2.45) is 0 Å². The molecular weight excluding hydrogens is 344 g/mol. The normalized spacial score (nSPS) is 11.9. The lowest BCUT2D eigenvalue weighted by atomic mass is 10.0. The molecule has 3 nitrogen and oxygen atoms in total. The van der Waals surface area contributed by atoms with Crippen LogP contribution in [0.1, 0.15) is 27.8 Å². The Morgan fingerprint density at radius 1 is 0.714 bits per heavy atom. The van der Waals surface area contributed by atoms with Gasteiger partial charge in [-0.1, -0.05) is 65.7 Å². The van der Waals surface area contributed by atoms with E-state index in [1.807, 2.05) is 0 Å². The van der Waals surface area contributed by atoms with Gasteiger partial charge in [0.2, 0.25) is 0 Å². The van der Waals surface area contributed by atoms with Gasteiger partial charge in [-0.05, 0) is 56.0 Å². The molecule has 3 rings (SSSR count). The van der Waals surface area contributed by atoms with Crippen LogP contribution in [0.2, 0.25) is 0 Å². The van der Waals surface area contributed by atoms with E-state index in [2.05, 4.69) is 98.1 Å². The number of rotatable bonds is 8. The van der Waals surface area contributed by atoms with Gasteiger partial charge in [-0.3, -0.25) is 0 Å². The van der Waals surface area contributed by atoms with Crippen molar-refractivity contribution in [3.05, 3.63) is 94.5 Å². The zero-order chi connectivity index (χ0) is 19.9. The van der Waals surface area contributed by atoms with Gasteiger partial charge in [0.1, 0.15) is 0 Å². The standard InChI is InChI=1S/C25H30N2O/c1-18-4-9-21(10-5-18)15-23(17-28)27-24-13-8-20(3)14-25(24)26-16-22-11-6-19(2)7-12-22/h4-14,23,26-28H,15-17H2,1-3H3. The fraction of sp³-hybridized carbons (Fsp3) is 0.280. The van der Waals surface area contributed by atoms with Crippen molar-refractivity contribution in [1.29, 1.82) is 0 Å². The second kappa shape index (κ2) is 9.43. The van der Waals surface area contributed by atoms with Crippen LogP contribution in [0.4, 0.5) is 11.4 Å². The number of anilines is 2. The predicted octanol–water partition coefficient (Wildman–Crippen LogP) is 5.24. The number of benzene rings is 3. The van der Waals surface area contributed by atoms with Crippen LogP contribution in [-0.4, -0.2) is 17.8 Å². The molecule has 0 fully saturated rings. The average Bonchev–Trinajstić information content (AvgIpc) is 2.70. The molecule has 0 aliphatic rings. The molecule has 3 heteroatoms. The molecule has 0 heterocycles. The summed E-state index contributed by atoms with van der Waals surface area (Å²) in [4.78, 5) is 0. The molecule has 1 unspecified atom stereocenters. The second-order valence-electron chi connectivity index (χ2n) is 7.60. The minimum absolute atomic E-state index is 0.0367. The molecule has 0 saturated carbocycles. The maximum atomic E-state index is 9.90. The van der Waals surface area contributed by atoms with Crippen molar-refractivity contribution in [3.63, 3.8) is 0 Å². The number of aliphatic hydroxyl groups is 1. The SMILES string of the molecule is Cc1ccc(CNc2cc(C)ccc2NC(CO)Cc2ccc(C)cc2)cc1. The molecule has 0 aromatic heterocycles. The molecule has 0 aliphatic carbocycles. The van der Waals surface area contributed by atoms with Crippen molar-refractivity contribution < 1.29 is 5.11 Å². The number of aliphatic hydroxyl groups excluding tert-OH is 1. The Kier molecular flexibility index (Phi) is 6.72. The van der Waals surface area contributed by atoms with Gasteiger partial charge in [-0.25, -0.2) is 0 Å². The van der Waals surface area contributed by atoms with E-state index in [0.29, 0.717) is 0 Å². The van der Waals surface area contributed by atoms with Gasteiger partial charge in [-0.2, -0.15) is 0 Å². The van der Waals surface area contributed by atoms with Crippen LogP contribution in [0, 0.1) is 20.8 Å². The van der Waals surface area contributed by atoms with Crippen molar-refractivity contribution >= 4 is 11.4 Å². The summed E-state index contributed by atoms with van der Waals surface area (Å²) in [7, 11) is 0. The van der Waals surface area contributed by atoms with Crippen molar-refractivity contribution in [3.8, 4) is 0 Å². The summed E-state index contributed by atoms with van der Waals surface area (Å²) in [6.45, 7) is 7.13. The maximum absolute atomic E-state index is 9.90. The third-order valence-corrected chi connectivity index (χ3v) is 4.96. The zero-order valence-corrected chi connectivity index (χ0v) is 17.0. The Hall–Kier alpha value is -2.78. The molecule has 0 bridgehead atoms. The Morgan fingerprint density at radius 2 is 1.29 bits per heavy atom. The highest BCUT2D eigenvalue weighted by atomic mass is 16.3. The van der Waals surface area contributed by atoms with E-state index >= 15 is 0 Å². The summed E-state index contributed by atoms with van der Waals surface area (Å²) in [5.41, 5.74) is 8.26. The van der Waals surface area contributed by atoms with Gasteiger partial charge in [0.15, 0.2) is 0 Å². The van der Waals surface area contributed by atoms with E-state index < -0.39 is 0 Å². The van der Waals surface area contributed by atoms with E-state index in [4.69, 9.17) is 0 Å². The molecule has 1 atom stereocenters. The Labute approximate surface area is 168 Å². The van der Waals surface area contributed by atoms with E-state index in [9.17, 15) is 5.11 Å². The van der Waals surface area contributed by atoms with Gasteiger partial charge in [0, 0.05) is 6.54 Å². The highest BCUT2D eigenvalue weighted by molar-refractivity contribution is 5.70. The quantitative estimate of drug-likeness (QED) is 0.505. The third-order valence-electron chi connectivity index (χ3n) is 4.96. The Morgan fingerprint density at radius 3 is 1.89 bits per heavy atom. The maximum Gasteiger partial charge on any atom is 0.0636 e. The fourth-order valence-electron chi connectivity index (χ4n) is 3.22. The lowest BCUT2D eigenvalue weighted by Gasteiger charge is -2.21. The summed E-state index contributed by atoms with van der Waals surface area (Å²) < 4.78 is 0. The van der Waals surface area contributed by atoms with Gasteiger partial charge >= 0.3 is 0 Å². The topological polar surface area (TPSA) is 44.3 Å². The van der Waals surface area contributed by atoms with Crippen LogP contribution >= 0.6 is 0 Å². The van der Waals surface area contributed by atoms with Crippen LogP contribution in [0.15, 0.2) is 66.7 Å². The molecule has 3 aromatic carbocycles. The van der Waals surface area contributed by atoms with Crippen LogP contribution in [0.25, 0.3) is 0 Å². The highest BCUT2D eigenvalue weighted by Gasteiger charge is 2.11. The van der Waals surface area contributed by atoms with Gasteiger partial charge in [0.25, 0.3) is 0 Å². The Balaban J connectivity index is 1.71. The summed E-state index contributed by atoms with van der Waals surface area (Å²) in [5, 5.41) is 17.0. The summed E-state index contributed by atoms with van der Waals surface area (Å²) >= 11 is 0. The molecule has 0 aliphatic heterocycles. The van der Waals surface area contributed by atoms with Gasteiger partial charge < -0.3 is 15.7 Å². The first-order valence-electron chi connectivity index (χ1n) is 9.86. The van der Waals surface area contributed by atoms with Crippen molar-refractivity contribution in [1.82, 2.24) is 0 Å². The van der Waals surface area contributed by atoms with Crippen LogP contribution in [0.5, 0.6) is 0 Å². The molecule has 0 saturated heterocycles. The van der Waals surface area contributed by atoms with Crippen LogP contribution in [0.3, 0.4) is 0 Å². The minimum Gasteiger partial charge on any atom is -0.394 e. The summed E-state index contributed by atoms with van der Waals surface area (Å²) in [6.07, 6.45) is 0.780. The highest BCUT2D eigenvalue weighted by Crippen LogP contribution is 2.25. The van der Waals surface area contributed by atoms with Crippen LogP contribution in [-0.2, 0) is 13.0 Å². The number of hydrogen-bond donors (Lipinski definition) is 3. The molecule has 0 radical (unpaired) electrons. The molecule has 28 heavy (non-hydrogen) atoms. The van der Waals surface area contributed by atoms with E-state index in [0.717, 1.165) is 24.3 Å². The Bertz CT molecular complexity index is 885. The van der Waals surface area contributed by atoms with Gasteiger partial charge in [-0.15, -0.1) is 0 Å². The molecule has 3 N–H and O–H groups in total. The zero-order valence-electron chi connectivity index (χ0n) is 17.0. The molecule has 0 spiro atoms. The number of aryl methyl sites for hydroxylation is 3. The smallest absolute Gasteiger partial charge is 0.0636 e. The first-order valence-corrected chi connectivity index (χ1v) is 9.86. The first kappa shape index (κ1) is 20.0. The molecular formula is C25H30N2O. The largest absolute Gasteiger partial charge is 0.394 e. The average molecular weight is 375 g/mol. The minimum atomic E-state index is -0.0367. The summed E-state index contributed by atoms with van der Waals surface area (Å²) in [6, 6.07) is 23.4.